The summed E-state index contributed by atoms with van der Waals surface area (Å²) < 4.78 is 23.3. The Morgan fingerprint density at radius 3 is 2.45 bits per heavy atom. The molecule has 0 atom stereocenters. The minimum atomic E-state index is -3.75. The Kier molecular flexibility index (Phi) is 4.25. The van der Waals surface area contributed by atoms with Gasteiger partial charge in [-0.25, -0.2) is 13.6 Å². The molecule has 20 heavy (non-hydrogen) atoms. The lowest BCUT2D eigenvalue weighted by Crippen LogP contribution is -2.26. The molecule has 0 aliphatic heterocycles. The van der Waals surface area contributed by atoms with Crippen LogP contribution in [-0.2, 0) is 10.0 Å². The molecule has 1 fully saturated rings. The molecule has 0 bridgehead atoms. The fourth-order valence-corrected chi connectivity index (χ4v) is 3.90. The minimum Gasteiger partial charge on any atom is -0.399 e. The molecule has 5 nitrogen and oxygen atoms in total. The number of nitrogens with zero attached hydrogens (tertiary/aromatic N) is 1. The van der Waals surface area contributed by atoms with Crippen LogP contribution in [0.15, 0.2) is 17.0 Å². The van der Waals surface area contributed by atoms with Gasteiger partial charge in [0.05, 0.1) is 4.90 Å². The molecule has 4 N–H and O–H groups in total. The first-order valence-corrected chi connectivity index (χ1v) is 8.47. The Hall–Kier alpha value is -1.27. The van der Waals surface area contributed by atoms with Gasteiger partial charge < -0.3 is 10.6 Å². The van der Waals surface area contributed by atoms with E-state index in [9.17, 15) is 8.42 Å². The summed E-state index contributed by atoms with van der Waals surface area (Å²) in [6.45, 7) is 2.70. The first-order chi connectivity index (χ1) is 9.29. The first kappa shape index (κ1) is 15.1. The molecule has 2 rings (SSSR count). The van der Waals surface area contributed by atoms with Crippen molar-refractivity contribution in [1.29, 1.82) is 0 Å². The summed E-state index contributed by atoms with van der Waals surface area (Å²) in [4.78, 5) is 2.21. The quantitative estimate of drug-likeness (QED) is 0.830. The Bertz CT molecular complexity index is 593. The van der Waals surface area contributed by atoms with Crippen LogP contribution in [-0.4, -0.2) is 22.0 Å². The molecule has 0 spiro atoms. The van der Waals surface area contributed by atoms with Crippen LogP contribution < -0.4 is 15.8 Å². The molecule has 0 radical (unpaired) electrons. The number of rotatable bonds is 4. The number of hydrogen-bond acceptors (Lipinski definition) is 4. The summed E-state index contributed by atoms with van der Waals surface area (Å²) in [5, 5.41) is 5.26. The van der Waals surface area contributed by atoms with Crippen molar-refractivity contribution in [1.82, 2.24) is 0 Å². The van der Waals surface area contributed by atoms with E-state index in [1.807, 2.05) is 13.1 Å². The van der Waals surface area contributed by atoms with E-state index in [2.05, 4.69) is 4.90 Å². The van der Waals surface area contributed by atoms with Gasteiger partial charge in [0.15, 0.2) is 0 Å². The lowest BCUT2D eigenvalue weighted by molar-refractivity contribution is 0.546. The van der Waals surface area contributed by atoms with Crippen LogP contribution in [0.1, 0.15) is 31.2 Å². The normalized spacial score (nSPS) is 16.6. The maximum Gasteiger partial charge on any atom is 0.238 e. The second kappa shape index (κ2) is 5.61. The van der Waals surface area contributed by atoms with Crippen LogP contribution in [0.5, 0.6) is 0 Å². The summed E-state index contributed by atoms with van der Waals surface area (Å²) in [6, 6.07) is 3.25. The van der Waals surface area contributed by atoms with Crippen LogP contribution in [0, 0.1) is 12.8 Å². The molecule has 1 aromatic carbocycles. The lowest BCUT2D eigenvalue weighted by atomic mass is 10.1. The van der Waals surface area contributed by atoms with Gasteiger partial charge in [0.2, 0.25) is 10.0 Å². The van der Waals surface area contributed by atoms with E-state index in [0.717, 1.165) is 12.2 Å². The monoisotopic (exact) mass is 297 g/mol. The topological polar surface area (TPSA) is 89.4 Å². The second-order valence-electron chi connectivity index (χ2n) is 5.74. The van der Waals surface area contributed by atoms with Gasteiger partial charge in [0.25, 0.3) is 0 Å². The SMILES string of the molecule is Cc1c(N(C)CC2CCCC2)cc(N)cc1S(N)(=O)=O. The first-order valence-electron chi connectivity index (χ1n) is 6.93. The third-order valence-electron chi connectivity index (χ3n) is 4.08. The van der Waals surface area contributed by atoms with E-state index in [-0.39, 0.29) is 4.90 Å². The smallest absolute Gasteiger partial charge is 0.238 e. The summed E-state index contributed by atoms with van der Waals surface area (Å²) in [7, 11) is -1.77. The molecule has 6 heteroatoms. The van der Waals surface area contributed by atoms with Gasteiger partial charge in [0.1, 0.15) is 0 Å². The summed E-state index contributed by atoms with van der Waals surface area (Å²) in [5.74, 6) is 0.679. The largest absolute Gasteiger partial charge is 0.399 e. The zero-order valence-corrected chi connectivity index (χ0v) is 12.9. The molecule has 1 aliphatic rings. The van der Waals surface area contributed by atoms with Gasteiger partial charge in [-0.1, -0.05) is 12.8 Å². The molecule has 112 valence electrons. The second-order valence-corrected chi connectivity index (χ2v) is 7.27. The number of nitrogens with two attached hydrogens (primary N) is 2. The lowest BCUT2D eigenvalue weighted by Gasteiger charge is -2.26. The Balaban J connectivity index is 2.33. The number of benzene rings is 1. The third kappa shape index (κ3) is 3.24. The number of nitrogen functional groups attached to an aromatic ring is 1. The Morgan fingerprint density at radius 1 is 1.30 bits per heavy atom. The van der Waals surface area contributed by atoms with Crippen molar-refractivity contribution < 1.29 is 8.42 Å². The van der Waals surface area contributed by atoms with Crippen molar-refractivity contribution in [2.24, 2.45) is 11.1 Å². The van der Waals surface area contributed by atoms with Crippen LogP contribution in [0.2, 0.25) is 0 Å². The molecule has 0 unspecified atom stereocenters. The van der Waals surface area contributed by atoms with Crippen LogP contribution in [0.3, 0.4) is 0 Å². The standard InChI is InChI=1S/C14H23N3O2S/c1-10-13(17(2)9-11-5-3-4-6-11)7-12(15)8-14(10)20(16,18)19/h7-8,11H,3-6,9,15H2,1-2H3,(H2,16,18,19). The summed E-state index contributed by atoms with van der Waals surface area (Å²) in [5.41, 5.74) is 7.77. The summed E-state index contributed by atoms with van der Waals surface area (Å²) in [6.07, 6.45) is 5.06. The third-order valence-corrected chi connectivity index (χ3v) is 5.12. The average Bonchev–Trinajstić information content (AvgIpc) is 2.83. The highest BCUT2D eigenvalue weighted by Gasteiger charge is 2.21. The highest BCUT2D eigenvalue weighted by atomic mass is 32.2. The van der Waals surface area contributed by atoms with Gasteiger partial charge >= 0.3 is 0 Å². The van der Waals surface area contributed by atoms with Crippen LogP contribution in [0.25, 0.3) is 0 Å². The zero-order valence-electron chi connectivity index (χ0n) is 12.1. The highest BCUT2D eigenvalue weighted by molar-refractivity contribution is 7.89. The van der Waals surface area contributed by atoms with Crippen molar-refractivity contribution in [3.63, 3.8) is 0 Å². The molecule has 0 amide bonds. The van der Waals surface area contributed by atoms with Crippen molar-refractivity contribution in [2.45, 2.75) is 37.5 Å². The Morgan fingerprint density at radius 2 is 1.90 bits per heavy atom. The maximum atomic E-state index is 11.6. The number of sulfonamides is 1. The van der Waals surface area contributed by atoms with Crippen LogP contribution >= 0.6 is 0 Å². The molecule has 1 aliphatic carbocycles. The fraction of sp³-hybridized carbons (Fsp3) is 0.571. The average molecular weight is 297 g/mol. The predicted octanol–water partition coefficient (Wildman–Crippen LogP) is 1.85. The van der Waals surface area contributed by atoms with Gasteiger partial charge in [-0.2, -0.15) is 0 Å². The number of primary sulfonamides is 1. The molecule has 0 saturated heterocycles. The van der Waals surface area contributed by atoms with Crippen molar-refractivity contribution >= 4 is 21.4 Å². The molecule has 1 aromatic rings. The molecule has 1 saturated carbocycles. The van der Waals surface area contributed by atoms with E-state index in [4.69, 9.17) is 10.9 Å². The maximum absolute atomic E-state index is 11.6. The minimum absolute atomic E-state index is 0.116. The van der Waals surface area contributed by atoms with Gasteiger partial charge in [-0.3, -0.25) is 0 Å². The molecular formula is C14H23N3O2S. The van der Waals surface area contributed by atoms with E-state index in [1.165, 1.54) is 31.7 Å². The predicted molar refractivity (Wildman–Crippen MR) is 82.2 cm³/mol. The van der Waals surface area contributed by atoms with Crippen molar-refractivity contribution in [3.05, 3.63) is 17.7 Å². The summed E-state index contributed by atoms with van der Waals surface area (Å²) >= 11 is 0. The zero-order chi connectivity index (χ0) is 14.9. The van der Waals surface area contributed by atoms with Gasteiger partial charge in [-0.15, -0.1) is 0 Å². The number of anilines is 2. The van der Waals surface area contributed by atoms with E-state index >= 15 is 0 Å². The van der Waals surface area contributed by atoms with Crippen molar-refractivity contribution in [3.8, 4) is 0 Å². The number of hydrogen-bond donors (Lipinski definition) is 2. The van der Waals surface area contributed by atoms with E-state index in [1.54, 1.807) is 6.92 Å². The highest BCUT2D eigenvalue weighted by Crippen LogP contribution is 2.31. The van der Waals surface area contributed by atoms with Gasteiger partial charge in [0, 0.05) is 25.0 Å². The van der Waals surface area contributed by atoms with Crippen molar-refractivity contribution in [2.75, 3.05) is 24.2 Å². The molecule has 0 heterocycles. The van der Waals surface area contributed by atoms with Gasteiger partial charge in [-0.05, 0) is 43.4 Å². The van der Waals surface area contributed by atoms with E-state index < -0.39 is 10.0 Å². The fourth-order valence-electron chi connectivity index (χ4n) is 3.06. The Labute approximate surface area is 121 Å². The van der Waals surface area contributed by atoms with Crippen LogP contribution in [0.4, 0.5) is 11.4 Å². The molecule has 0 aromatic heterocycles. The molecular weight excluding hydrogens is 274 g/mol. The van der Waals surface area contributed by atoms with E-state index in [0.29, 0.717) is 17.2 Å².